The molecule has 1 atom stereocenters. The first-order valence-electron chi connectivity index (χ1n) is 5.22. The van der Waals surface area contributed by atoms with Crippen LogP contribution in [0.1, 0.15) is 18.9 Å². The Hall–Kier alpha value is -0.670. The third kappa shape index (κ3) is 3.43. The van der Waals surface area contributed by atoms with E-state index in [2.05, 4.69) is 26.0 Å². The summed E-state index contributed by atoms with van der Waals surface area (Å²) >= 11 is 1.80. The van der Waals surface area contributed by atoms with E-state index in [0.29, 0.717) is 11.8 Å². The normalized spacial score (nSPS) is 12.5. The Balaban J connectivity index is 2.86. The van der Waals surface area contributed by atoms with E-state index in [1.54, 1.807) is 18.9 Å². The van der Waals surface area contributed by atoms with Gasteiger partial charge in [-0.3, -0.25) is 0 Å². The van der Waals surface area contributed by atoms with Gasteiger partial charge in [0, 0.05) is 16.7 Å². The van der Waals surface area contributed by atoms with E-state index in [9.17, 15) is 0 Å². The van der Waals surface area contributed by atoms with Gasteiger partial charge in [0.1, 0.15) is 5.75 Å². The predicted octanol–water partition coefficient (Wildman–Crippen LogP) is 2.83. The SMILES string of the molecule is CCC(CN)Sc1cc(C)ccc1OC. The molecule has 0 aliphatic heterocycles. The number of rotatable bonds is 5. The lowest BCUT2D eigenvalue weighted by Crippen LogP contribution is -2.15. The average Bonchev–Trinajstić information content (AvgIpc) is 2.26. The quantitative estimate of drug-likeness (QED) is 0.783. The average molecular weight is 225 g/mol. The van der Waals surface area contributed by atoms with Crippen molar-refractivity contribution in [2.75, 3.05) is 13.7 Å². The monoisotopic (exact) mass is 225 g/mol. The summed E-state index contributed by atoms with van der Waals surface area (Å²) in [6, 6.07) is 6.23. The van der Waals surface area contributed by atoms with Crippen molar-refractivity contribution in [3.05, 3.63) is 23.8 Å². The van der Waals surface area contributed by atoms with E-state index in [0.717, 1.165) is 12.2 Å². The van der Waals surface area contributed by atoms with Gasteiger partial charge in [-0.15, -0.1) is 11.8 Å². The van der Waals surface area contributed by atoms with E-state index < -0.39 is 0 Å². The molecule has 1 unspecified atom stereocenters. The van der Waals surface area contributed by atoms with Gasteiger partial charge in [0.25, 0.3) is 0 Å². The Labute approximate surface area is 96.2 Å². The van der Waals surface area contributed by atoms with Gasteiger partial charge in [0.05, 0.1) is 7.11 Å². The Morgan fingerprint density at radius 1 is 1.47 bits per heavy atom. The molecular formula is C12H19NOS. The minimum Gasteiger partial charge on any atom is -0.496 e. The summed E-state index contributed by atoms with van der Waals surface area (Å²) in [7, 11) is 1.71. The second-order valence-electron chi connectivity index (χ2n) is 3.54. The summed E-state index contributed by atoms with van der Waals surface area (Å²) in [4.78, 5) is 1.19. The largest absolute Gasteiger partial charge is 0.496 e. The number of hydrogen-bond acceptors (Lipinski definition) is 3. The molecule has 0 aliphatic rings. The molecule has 1 aromatic rings. The van der Waals surface area contributed by atoms with Gasteiger partial charge in [-0.1, -0.05) is 13.0 Å². The zero-order valence-electron chi connectivity index (χ0n) is 9.62. The summed E-state index contributed by atoms with van der Waals surface area (Å²) in [5, 5.41) is 0.473. The van der Waals surface area contributed by atoms with Crippen LogP contribution >= 0.6 is 11.8 Å². The molecule has 1 rings (SSSR count). The highest BCUT2D eigenvalue weighted by atomic mass is 32.2. The Morgan fingerprint density at radius 2 is 2.20 bits per heavy atom. The van der Waals surface area contributed by atoms with Gasteiger partial charge in [0.2, 0.25) is 0 Å². The Kier molecular flexibility index (Phi) is 4.99. The molecule has 2 nitrogen and oxygen atoms in total. The van der Waals surface area contributed by atoms with Gasteiger partial charge in [0.15, 0.2) is 0 Å². The third-order valence-electron chi connectivity index (χ3n) is 2.33. The number of benzene rings is 1. The highest BCUT2D eigenvalue weighted by Crippen LogP contribution is 2.33. The molecular weight excluding hydrogens is 206 g/mol. The van der Waals surface area contributed by atoms with E-state index in [1.807, 2.05) is 6.07 Å². The number of ether oxygens (including phenoxy) is 1. The van der Waals surface area contributed by atoms with E-state index in [4.69, 9.17) is 10.5 Å². The second-order valence-corrected chi connectivity index (χ2v) is 4.88. The molecule has 1 aromatic carbocycles. The number of methoxy groups -OCH3 is 1. The lowest BCUT2D eigenvalue weighted by molar-refractivity contribution is 0.404. The maximum atomic E-state index is 5.70. The van der Waals surface area contributed by atoms with Crippen molar-refractivity contribution in [1.29, 1.82) is 0 Å². The van der Waals surface area contributed by atoms with Gasteiger partial charge >= 0.3 is 0 Å². The van der Waals surface area contributed by atoms with Gasteiger partial charge in [-0.2, -0.15) is 0 Å². The fourth-order valence-corrected chi connectivity index (χ4v) is 2.50. The fraction of sp³-hybridized carbons (Fsp3) is 0.500. The van der Waals surface area contributed by atoms with Crippen LogP contribution in [0.3, 0.4) is 0 Å². The van der Waals surface area contributed by atoms with Crippen molar-refractivity contribution < 1.29 is 4.74 Å². The summed E-state index contributed by atoms with van der Waals surface area (Å²) < 4.78 is 5.33. The molecule has 0 radical (unpaired) electrons. The van der Waals surface area contributed by atoms with Crippen LogP contribution < -0.4 is 10.5 Å². The van der Waals surface area contributed by atoms with Crippen LogP contribution in [0.25, 0.3) is 0 Å². The standard InChI is InChI=1S/C12H19NOS/c1-4-10(8-13)15-12-7-9(2)5-6-11(12)14-3/h5-7,10H,4,8,13H2,1-3H3. The molecule has 0 saturated carbocycles. The smallest absolute Gasteiger partial charge is 0.132 e. The lowest BCUT2D eigenvalue weighted by Gasteiger charge is -2.14. The van der Waals surface area contributed by atoms with Crippen molar-refractivity contribution >= 4 is 11.8 Å². The first kappa shape index (κ1) is 12.4. The van der Waals surface area contributed by atoms with Crippen LogP contribution in [-0.4, -0.2) is 18.9 Å². The molecule has 2 N–H and O–H groups in total. The molecule has 0 amide bonds. The number of thioether (sulfide) groups is 1. The molecule has 84 valence electrons. The molecule has 0 bridgehead atoms. The molecule has 0 heterocycles. The molecule has 0 saturated heterocycles. The highest BCUT2D eigenvalue weighted by molar-refractivity contribution is 8.00. The van der Waals surface area contributed by atoms with Crippen LogP contribution in [-0.2, 0) is 0 Å². The molecule has 0 aliphatic carbocycles. The molecule has 0 aromatic heterocycles. The van der Waals surface area contributed by atoms with Gasteiger partial charge in [-0.05, 0) is 31.0 Å². The number of nitrogens with two attached hydrogens (primary N) is 1. The van der Waals surface area contributed by atoms with E-state index >= 15 is 0 Å². The number of hydrogen-bond donors (Lipinski definition) is 1. The third-order valence-corrected chi connectivity index (χ3v) is 3.76. The van der Waals surface area contributed by atoms with Crippen molar-refractivity contribution in [2.24, 2.45) is 5.73 Å². The van der Waals surface area contributed by atoms with Gasteiger partial charge < -0.3 is 10.5 Å². The minimum atomic E-state index is 0.473. The van der Waals surface area contributed by atoms with Crippen LogP contribution in [0.5, 0.6) is 5.75 Å². The molecule has 15 heavy (non-hydrogen) atoms. The Morgan fingerprint density at radius 3 is 2.73 bits per heavy atom. The maximum Gasteiger partial charge on any atom is 0.132 e. The fourth-order valence-electron chi connectivity index (χ4n) is 1.35. The second kappa shape index (κ2) is 6.03. The van der Waals surface area contributed by atoms with E-state index in [-0.39, 0.29) is 0 Å². The lowest BCUT2D eigenvalue weighted by atomic mass is 10.2. The first-order chi connectivity index (χ1) is 7.21. The number of aryl methyl sites for hydroxylation is 1. The van der Waals surface area contributed by atoms with Gasteiger partial charge in [-0.25, -0.2) is 0 Å². The van der Waals surface area contributed by atoms with Crippen LogP contribution in [0.4, 0.5) is 0 Å². The van der Waals surface area contributed by atoms with Crippen molar-refractivity contribution in [1.82, 2.24) is 0 Å². The highest BCUT2D eigenvalue weighted by Gasteiger charge is 2.10. The van der Waals surface area contributed by atoms with Crippen molar-refractivity contribution in [3.8, 4) is 5.75 Å². The van der Waals surface area contributed by atoms with Crippen LogP contribution in [0.2, 0.25) is 0 Å². The zero-order chi connectivity index (χ0) is 11.3. The predicted molar refractivity (Wildman–Crippen MR) is 66.7 cm³/mol. The van der Waals surface area contributed by atoms with E-state index in [1.165, 1.54) is 10.5 Å². The van der Waals surface area contributed by atoms with Crippen LogP contribution in [0, 0.1) is 6.92 Å². The molecule has 0 fully saturated rings. The molecule has 3 heteroatoms. The van der Waals surface area contributed by atoms with Crippen molar-refractivity contribution in [2.45, 2.75) is 30.4 Å². The summed E-state index contributed by atoms with van der Waals surface area (Å²) in [5.41, 5.74) is 6.95. The van der Waals surface area contributed by atoms with Crippen LogP contribution in [0.15, 0.2) is 23.1 Å². The Bertz CT molecular complexity index is 310. The molecule has 0 spiro atoms. The summed E-state index contributed by atoms with van der Waals surface area (Å²) in [6.07, 6.45) is 1.08. The first-order valence-corrected chi connectivity index (χ1v) is 6.10. The maximum absolute atomic E-state index is 5.70. The topological polar surface area (TPSA) is 35.2 Å². The summed E-state index contributed by atoms with van der Waals surface area (Å²) in [6.45, 7) is 4.96. The van der Waals surface area contributed by atoms with Crippen molar-refractivity contribution in [3.63, 3.8) is 0 Å². The minimum absolute atomic E-state index is 0.473. The summed E-state index contributed by atoms with van der Waals surface area (Å²) in [5.74, 6) is 0.942. The zero-order valence-corrected chi connectivity index (χ0v) is 10.4.